The molecule has 8 heteroatoms. The lowest BCUT2D eigenvalue weighted by molar-refractivity contribution is -0.203. The monoisotopic (exact) mass is 490 g/mol. The molecule has 8 atom stereocenters. The van der Waals surface area contributed by atoms with E-state index < -0.39 is 47.6 Å². The van der Waals surface area contributed by atoms with Crippen LogP contribution in [-0.2, 0) is 28.7 Å². The quantitative estimate of drug-likeness (QED) is 0.544. The summed E-state index contributed by atoms with van der Waals surface area (Å²) in [7, 11) is 0. The Morgan fingerprint density at radius 3 is 2.54 bits per heavy atom. The van der Waals surface area contributed by atoms with Crippen LogP contribution in [0.25, 0.3) is 0 Å². The molecule has 0 radical (unpaired) electrons. The normalized spacial score (nSPS) is 41.1. The van der Waals surface area contributed by atoms with Crippen LogP contribution in [-0.4, -0.2) is 58.1 Å². The number of aliphatic hydroxyl groups excluding tert-OH is 2. The van der Waals surface area contributed by atoms with Crippen molar-refractivity contribution in [3.63, 3.8) is 0 Å². The Morgan fingerprint density at radius 1 is 1.17 bits per heavy atom. The molecule has 35 heavy (non-hydrogen) atoms. The first kappa shape index (κ1) is 26.0. The molecule has 0 amide bonds. The summed E-state index contributed by atoms with van der Waals surface area (Å²) in [4.78, 5) is 50.1. The van der Waals surface area contributed by atoms with Gasteiger partial charge in [0.2, 0.25) is 5.78 Å². The molecular weight excluding hydrogens is 452 g/mol. The molecule has 2 N–H and O–H groups in total. The van der Waals surface area contributed by atoms with Crippen molar-refractivity contribution in [3.8, 4) is 0 Å². The van der Waals surface area contributed by atoms with Gasteiger partial charge in [-0.25, -0.2) is 4.79 Å². The van der Waals surface area contributed by atoms with Crippen LogP contribution in [0.2, 0.25) is 0 Å². The molecule has 0 aliphatic heterocycles. The Labute approximate surface area is 206 Å². The highest BCUT2D eigenvalue weighted by Crippen LogP contribution is 2.68. The Bertz CT molecular complexity index is 953. The largest absolute Gasteiger partial charge is 0.456 e. The van der Waals surface area contributed by atoms with Crippen LogP contribution < -0.4 is 0 Å². The molecule has 0 aromatic rings. The van der Waals surface area contributed by atoms with Gasteiger partial charge >= 0.3 is 11.9 Å². The lowest BCUT2D eigenvalue weighted by atomic mass is 9.45. The standard InChI is InChI=1S/C27H38O8/c1-5-22(32)35-27(21(31)14-34-24(33)15(2)28)11-9-19-18-7-6-16-12-17(29)8-10-25(16,3)23(18)20(30)13-26(19,27)4/h12,15,18-20,23,28,30H,5-11,13-14H2,1-4H3/t15?,18-,19-,20-,23+,25-,26-,27-/m0/s1. The van der Waals surface area contributed by atoms with Crippen molar-refractivity contribution in [2.45, 2.75) is 96.9 Å². The van der Waals surface area contributed by atoms with Crippen molar-refractivity contribution in [3.05, 3.63) is 11.6 Å². The van der Waals surface area contributed by atoms with Crippen molar-refractivity contribution in [2.24, 2.45) is 28.6 Å². The predicted molar refractivity (Wildman–Crippen MR) is 125 cm³/mol. The molecule has 0 heterocycles. The van der Waals surface area contributed by atoms with Gasteiger partial charge in [0.1, 0.15) is 6.10 Å². The van der Waals surface area contributed by atoms with Gasteiger partial charge in [-0.3, -0.25) is 14.4 Å². The zero-order valence-electron chi connectivity index (χ0n) is 21.2. The molecule has 3 saturated carbocycles. The molecule has 0 saturated heterocycles. The second-order valence-corrected chi connectivity index (χ2v) is 11.5. The molecule has 4 rings (SSSR count). The third-order valence-corrected chi connectivity index (χ3v) is 9.73. The fraction of sp³-hybridized carbons (Fsp3) is 0.778. The zero-order valence-corrected chi connectivity index (χ0v) is 21.2. The smallest absolute Gasteiger partial charge is 0.335 e. The van der Waals surface area contributed by atoms with Crippen LogP contribution in [0, 0.1) is 28.6 Å². The average Bonchev–Trinajstić information content (AvgIpc) is 3.09. The summed E-state index contributed by atoms with van der Waals surface area (Å²) < 4.78 is 11.0. The number of esters is 2. The van der Waals surface area contributed by atoms with Crippen LogP contribution in [0.15, 0.2) is 11.6 Å². The average molecular weight is 491 g/mol. The Morgan fingerprint density at radius 2 is 1.89 bits per heavy atom. The van der Waals surface area contributed by atoms with Gasteiger partial charge in [-0.15, -0.1) is 0 Å². The predicted octanol–water partition coefficient (Wildman–Crippen LogP) is 2.67. The number of carbonyl (C=O) groups excluding carboxylic acids is 4. The number of ether oxygens (including phenoxy) is 2. The van der Waals surface area contributed by atoms with E-state index in [1.807, 2.05) is 6.92 Å². The van der Waals surface area contributed by atoms with Crippen LogP contribution in [0.4, 0.5) is 0 Å². The van der Waals surface area contributed by atoms with Crippen molar-refractivity contribution in [2.75, 3.05) is 6.61 Å². The summed E-state index contributed by atoms with van der Waals surface area (Å²) in [5.74, 6) is -1.66. The van der Waals surface area contributed by atoms with Gasteiger partial charge in [0.15, 0.2) is 18.0 Å². The number of hydrogen-bond donors (Lipinski definition) is 2. The molecule has 0 spiro atoms. The maximum absolute atomic E-state index is 13.6. The molecular formula is C27H38O8. The van der Waals surface area contributed by atoms with Crippen molar-refractivity contribution in [1.29, 1.82) is 0 Å². The minimum atomic E-state index is -1.50. The molecule has 4 aliphatic carbocycles. The fourth-order valence-electron chi connectivity index (χ4n) is 8.00. The highest BCUT2D eigenvalue weighted by atomic mass is 16.6. The molecule has 4 aliphatic rings. The first-order valence-electron chi connectivity index (χ1n) is 12.9. The number of fused-ring (bicyclic) bond motifs is 5. The number of rotatable bonds is 6. The Kier molecular flexibility index (Phi) is 6.77. The minimum Gasteiger partial charge on any atom is -0.456 e. The van der Waals surface area contributed by atoms with Gasteiger partial charge in [-0.2, -0.15) is 0 Å². The maximum atomic E-state index is 13.6. The van der Waals surface area contributed by atoms with E-state index in [0.717, 1.165) is 18.4 Å². The van der Waals surface area contributed by atoms with E-state index in [1.54, 1.807) is 13.0 Å². The zero-order chi connectivity index (χ0) is 25.8. The number of aliphatic hydroxyl groups is 2. The third kappa shape index (κ3) is 3.97. The van der Waals surface area contributed by atoms with Crippen molar-refractivity contribution >= 4 is 23.5 Å². The molecule has 0 bridgehead atoms. The summed E-state index contributed by atoms with van der Waals surface area (Å²) in [6, 6.07) is 0. The summed E-state index contributed by atoms with van der Waals surface area (Å²) in [5, 5.41) is 21.1. The van der Waals surface area contributed by atoms with E-state index in [4.69, 9.17) is 9.47 Å². The van der Waals surface area contributed by atoms with Gasteiger partial charge in [0.05, 0.1) is 6.10 Å². The lowest BCUT2D eigenvalue weighted by Crippen LogP contribution is -2.63. The number of ketones is 2. The molecule has 8 nitrogen and oxygen atoms in total. The first-order chi connectivity index (χ1) is 16.4. The Balaban J connectivity index is 1.69. The van der Waals surface area contributed by atoms with Gasteiger partial charge in [-0.05, 0) is 74.7 Å². The second kappa shape index (κ2) is 9.11. The molecule has 0 aromatic carbocycles. The number of Topliss-reactive ketones (excluding diaryl/α,β-unsaturated/α-hetero) is 1. The van der Waals surface area contributed by atoms with E-state index in [0.29, 0.717) is 25.7 Å². The van der Waals surface area contributed by atoms with Crippen LogP contribution in [0.5, 0.6) is 0 Å². The van der Waals surface area contributed by atoms with E-state index >= 15 is 0 Å². The summed E-state index contributed by atoms with van der Waals surface area (Å²) in [5.41, 5.74) is -1.47. The molecule has 194 valence electrons. The SMILES string of the molecule is CCC(=O)O[C@]1(C(=O)COC(=O)C(C)O)CC[C@H]2[C@@H]3CCC4=CC(=O)CC[C@]4(C)[C@H]3[C@@H](O)C[C@@]21C. The molecule has 0 aromatic heterocycles. The number of allylic oxidation sites excluding steroid dienone is 1. The van der Waals surface area contributed by atoms with Gasteiger partial charge in [-0.1, -0.05) is 26.3 Å². The van der Waals surface area contributed by atoms with E-state index in [-0.39, 0.29) is 41.8 Å². The van der Waals surface area contributed by atoms with E-state index in [1.165, 1.54) is 6.92 Å². The molecule has 3 fully saturated rings. The van der Waals surface area contributed by atoms with Gasteiger partial charge in [0, 0.05) is 18.3 Å². The second-order valence-electron chi connectivity index (χ2n) is 11.5. The fourth-order valence-corrected chi connectivity index (χ4v) is 8.00. The highest BCUT2D eigenvalue weighted by molar-refractivity contribution is 5.94. The van der Waals surface area contributed by atoms with E-state index in [2.05, 4.69) is 6.92 Å². The summed E-state index contributed by atoms with van der Waals surface area (Å²) in [6.07, 6.45) is 3.80. The number of hydrogen-bond acceptors (Lipinski definition) is 8. The van der Waals surface area contributed by atoms with Gasteiger partial charge < -0.3 is 19.7 Å². The van der Waals surface area contributed by atoms with Crippen LogP contribution >= 0.6 is 0 Å². The van der Waals surface area contributed by atoms with Crippen molar-refractivity contribution < 1.29 is 38.9 Å². The summed E-state index contributed by atoms with van der Waals surface area (Å²) >= 11 is 0. The van der Waals surface area contributed by atoms with Crippen molar-refractivity contribution in [1.82, 2.24) is 0 Å². The minimum absolute atomic E-state index is 0.0329. The Hall–Kier alpha value is -2.06. The van der Waals surface area contributed by atoms with Crippen LogP contribution in [0.1, 0.15) is 79.1 Å². The molecule has 1 unspecified atom stereocenters. The number of carbonyl (C=O) groups is 4. The first-order valence-corrected chi connectivity index (χ1v) is 12.9. The van der Waals surface area contributed by atoms with Crippen LogP contribution in [0.3, 0.4) is 0 Å². The third-order valence-electron chi connectivity index (χ3n) is 9.73. The summed E-state index contributed by atoms with van der Waals surface area (Å²) in [6.45, 7) is 6.41. The lowest BCUT2D eigenvalue weighted by Gasteiger charge is -2.60. The topological polar surface area (TPSA) is 127 Å². The van der Waals surface area contributed by atoms with Gasteiger partial charge in [0.25, 0.3) is 0 Å². The highest BCUT2D eigenvalue weighted by Gasteiger charge is 2.70. The maximum Gasteiger partial charge on any atom is 0.335 e. The van der Waals surface area contributed by atoms with E-state index in [9.17, 15) is 29.4 Å².